The van der Waals surface area contributed by atoms with E-state index in [9.17, 15) is 0 Å². The minimum atomic E-state index is 0.762. The van der Waals surface area contributed by atoms with Crippen LogP contribution in [-0.2, 0) is 11.2 Å². The van der Waals surface area contributed by atoms with E-state index in [0.29, 0.717) is 0 Å². The summed E-state index contributed by atoms with van der Waals surface area (Å²) in [5, 5.41) is 3.34. The number of rotatable bonds is 9. The van der Waals surface area contributed by atoms with Gasteiger partial charge in [-0.15, -0.1) is 0 Å². The Morgan fingerprint density at radius 2 is 2.10 bits per heavy atom. The molecule has 20 heavy (non-hydrogen) atoms. The van der Waals surface area contributed by atoms with Crippen LogP contribution in [0.25, 0.3) is 0 Å². The second kappa shape index (κ2) is 9.97. The third kappa shape index (κ3) is 6.55. The van der Waals surface area contributed by atoms with Gasteiger partial charge in [0.2, 0.25) is 0 Å². The van der Waals surface area contributed by atoms with Gasteiger partial charge in [0.25, 0.3) is 0 Å². The highest BCUT2D eigenvalue weighted by Gasteiger charge is 2.04. The largest absolute Gasteiger partial charge is 0.496 e. The SMILES string of the molecule is COCCNCCC=C(C)Cc1cc(Br)ccc1OC. The van der Waals surface area contributed by atoms with Crippen molar-refractivity contribution >= 4 is 15.9 Å². The van der Waals surface area contributed by atoms with Gasteiger partial charge in [0.05, 0.1) is 13.7 Å². The quantitative estimate of drug-likeness (QED) is 0.550. The van der Waals surface area contributed by atoms with Gasteiger partial charge in [-0.25, -0.2) is 0 Å². The number of halogens is 1. The summed E-state index contributed by atoms with van der Waals surface area (Å²) in [6.07, 6.45) is 4.23. The van der Waals surface area contributed by atoms with Crippen LogP contribution in [0, 0.1) is 0 Å². The molecule has 0 atom stereocenters. The molecule has 0 aromatic heterocycles. The Morgan fingerprint density at radius 1 is 1.30 bits per heavy atom. The molecule has 0 aliphatic rings. The molecule has 3 nitrogen and oxygen atoms in total. The molecule has 0 radical (unpaired) electrons. The molecule has 0 aliphatic carbocycles. The Labute approximate surface area is 130 Å². The lowest BCUT2D eigenvalue weighted by Crippen LogP contribution is -2.19. The van der Waals surface area contributed by atoms with E-state index in [-0.39, 0.29) is 0 Å². The fraction of sp³-hybridized carbons (Fsp3) is 0.500. The Bertz CT molecular complexity index is 432. The van der Waals surface area contributed by atoms with Crippen molar-refractivity contribution in [2.45, 2.75) is 19.8 Å². The van der Waals surface area contributed by atoms with Gasteiger partial charge in [0, 0.05) is 18.1 Å². The number of nitrogens with one attached hydrogen (secondary N) is 1. The highest BCUT2D eigenvalue weighted by atomic mass is 79.9. The van der Waals surface area contributed by atoms with Crippen molar-refractivity contribution in [2.75, 3.05) is 33.9 Å². The van der Waals surface area contributed by atoms with E-state index < -0.39 is 0 Å². The first kappa shape index (κ1) is 17.2. The van der Waals surface area contributed by atoms with Gasteiger partial charge in [-0.05, 0) is 50.1 Å². The van der Waals surface area contributed by atoms with Crippen LogP contribution < -0.4 is 10.1 Å². The van der Waals surface area contributed by atoms with E-state index in [1.807, 2.05) is 12.1 Å². The lowest BCUT2D eigenvalue weighted by Gasteiger charge is -2.09. The Balaban J connectivity index is 2.44. The summed E-state index contributed by atoms with van der Waals surface area (Å²) < 4.78 is 11.5. The second-order valence-electron chi connectivity index (χ2n) is 4.71. The van der Waals surface area contributed by atoms with Crippen LogP contribution in [-0.4, -0.2) is 33.9 Å². The van der Waals surface area contributed by atoms with Crippen molar-refractivity contribution in [2.24, 2.45) is 0 Å². The monoisotopic (exact) mass is 341 g/mol. The summed E-state index contributed by atoms with van der Waals surface area (Å²) in [6.45, 7) is 4.81. The maximum Gasteiger partial charge on any atom is 0.122 e. The molecule has 0 fully saturated rings. The third-order valence-electron chi connectivity index (χ3n) is 3.01. The van der Waals surface area contributed by atoms with Crippen LogP contribution in [0.3, 0.4) is 0 Å². The first-order chi connectivity index (χ1) is 9.67. The van der Waals surface area contributed by atoms with Crippen LogP contribution in [0.4, 0.5) is 0 Å². The Morgan fingerprint density at radius 3 is 2.80 bits per heavy atom. The van der Waals surface area contributed by atoms with Gasteiger partial charge in [0.15, 0.2) is 0 Å². The molecule has 0 amide bonds. The van der Waals surface area contributed by atoms with Gasteiger partial charge in [-0.3, -0.25) is 0 Å². The standard InChI is InChI=1S/C16H24BrNO2/c1-13(5-4-8-18-9-10-19-2)11-14-12-15(17)6-7-16(14)20-3/h5-7,12,18H,4,8-11H2,1-3H3. The summed E-state index contributed by atoms with van der Waals surface area (Å²) in [5.74, 6) is 0.944. The molecule has 1 N–H and O–H groups in total. The first-order valence-corrected chi connectivity index (χ1v) is 7.64. The number of hydrogen-bond donors (Lipinski definition) is 1. The number of benzene rings is 1. The molecular formula is C16H24BrNO2. The van der Waals surface area contributed by atoms with E-state index in [0.717, 1.165) is 42.8 Å². The van der Waals surface area contributed by atoms with E-state index in [1.54, 1.807) is 14.2 Å². The lowest BCUT2D eigenvalue weighted by molar-refractivity contribution is 0.199. The van der Waals surface area contributed by atoms with E-state index >= 15 is 0 Å². The predicted molar refractivity (Wildman–Crippen MR) is 87.5 cm³/mol. The molecule has 112 valence electrons. The topological polar surface area (TPSA) is 30.5 Å². The van der Waals surface area contributed by atoms with Gasteiger partial charge in [-0.2, -0.15) is 0 Å². The van der Waals surface area contributed by atoms with Crippen LogP contribution in [0.5, 0.6) is 5.75 Å². The van der Waals surface area contributed by atoms with Crippen LogP contribution in [0.15, 0.2) is 34.3 Å². The summed E-state index contributed by atoms with van der Waals surface area (Å²) in [5.41, 5.74) is 2.57. The molecule has 0 heterocycles. The Kier molecular flexibility index (Phi) is 8.58. The third-order valence-corrected chi connectivity index (χ3v) is 3.50. The summed E-state index contributed by atoms with van der Waals surface area (Å²) in [7, 11) is 3.43. The van der Waals surface area contributed by atoms with Crippen molar-refractivity contribution in [1.82, 2.24) is 5.32 Å². The first-order valence-electron chi connectivity index (χ1n) is 6.85. The maximum atomic E-state index is 5.40. The summed E-state index contributed by atoms with van der Waals surface area (Å²) in [6, 6.07) is 6.12. The van der Waals surface area contributed by atoms with Gasteiger partial charge in [0.1, 0.15) is 5.75 Å². The highest BCUT2D eigenvalue weighted by Crippen LogP contribution is 2.25. The minimum absolute atomic E-state index is 0.762. The molecular weight excluding hydrogens is 318 g/mol. The average Bonchev–Trinajstić information content (AvgIpc) is 2.43. The van der Waals surface area contributed by atoms with E-state index in [4.69, 9.17) is 9.47 Å². The van der Waals surface area contributed by atoms with Crippen molar-refractivity contribution < 1.29 is 9.47 Å². The molecule has 1 aromatic rings. The predicted octanol–water partition coefficient (Wildman–Crippen LogP) is 3.57. The van der Waals surface area contributed by atoms with Gasteiger partial charge >= 0.3 is 0 Å². The fourth-order valence-corrected chi connectivity index (χ4v) is 2.39. The average molecular weight is 342 g/mol. The van der Waals surface area contributed by atoms with Crippen LogP contribution in [0.2, 0.25) is 0 Å². The molecule has 1 rings (SSSR count). The summed E-state index contributed by atoms with van der Waals surface area (Å²) in [4.78, 5) is 0. The molecule has 0 bridgehead atoms. The van der Waals surface area contributed by atoms with Crippen molar-refractivity contribution in [3.05, 3.63) is 39.9 Å². The van der Waals surface area contributed by atoms with E-state index in [1.165, 1.54) is 11.1 Å². The zero-order valence-electron chi connectivity index (χ0n) is 12.5. The smallest absolute Gasteiger partial charge is 0.122 e. The lowest BCUT2D eigenvalue weighted by atomic mass is 10.0. The van der Waals surface area contributed by atoms with Crippen molar-refractivity contribution in [1.29, 1.82) is 0 Å². The van der Waals surface area contributed by atoms with Crippen LogP contribution >= 0.6 is 15.9 Å². The molecule has 1 aromatic carbocycles. The number of allylic oxidation sites excluding steroid dienone is 1. The molecule has 4 heteroatoms. The summed E-state index contributed by atoms with van der Waals surface area (Å²) >= 11 is 3.51. The molecule has 0 unspecified atom stereocenters. The minimum Gasteiger partial charge on any atom is -0.496 e. The maximum absolute atomic E-state index is 5.40. The molecule has 0 saturated carbocycles. The molecule has 0 spiro atoms. The van der Waals surface area contributed by atoms with Crippen molar-refractivity contribution in [3.8, 4) is 5.75 Å². The van der Waals surface area contributed by atoms with Crippen LogP contribution in [0.1, 0.15) is 18.9 Å². The second-order valence-corrected chi connectivity index (χ2v) is 5.63. The van der Waals surface area contributed by atoms with Gasteiger partial charge < -0.3 is 14.8 Å². The molecule has 0 aliphatic heterocycles. The highest BCUT2D eigenvalue weighted by molar-refractivity contribution is 9.10. The molecule has 0 saturated heterocycles. The van der Waals surface area contributed by atoms with Crippen molar-refractivity contribution in [3.63, 3.8) is 0 Å². The number of methoxy groups -OCH3 is 2. The number of hydrogen-bond acceptors (Lipinski definition) is 3. The number of ether oxygens (including phenoxy) is 2. The Hall–Kier alpha value is -0.840. The normalized spacial score (nSPS) is 11.7. The fourth-order valence-electron chi connectivity index (χ4n) is 1.98. The zero-order chi connectivity index (χ0) is 14.8. The van der Waals surface area contributed by atoms with E-state index in [2.05, 4.69) is 40.3 Å². The van der Waals surface area contributed by atoms with Gasteiger partial charge in [-0.1, -0.05) is 27.6 Å². The zero-order valence-corrected chi connectivity index (χ0v) is 14.1.